The standard InChI is InChI=1S/C18H26ClNO/c1-20-16-12-17(18(16)9-4-2-3-5-10-18)21-13-14-7-6-8-15(19)11-14/h6-8,11,16-17,20H,2-5,9-10,12-13H2,1H3. The van der Waals surface area contributed by atoms with Crippen LogP contribution in [0.3, 0.4) is 0 Å². The van der Waals surface area contributed by atoms with Gasteiger partial charge in [0, 0.05) is 16.5 Å². The summed E-state index contributed by atoms with van der Waals surface area (Å²) in [6, 6.07) is 8.66. The molecule has 1 aromatic carbocycles. The first-order valence-corrected chi connectivity index (χ1v) is 8.66. The van der Waals surface area contributed by atoms with E-state index < -0.39 is 0 Å². The fraction of sp³-hybridized carbons (Fsp3) is 0.667. The molecular weight excluding hydrogens is 282 g/mol. The summed E-state index contributed by atoms with van der Waals surface area (Å²) in [6.45, 7) is 0.684. The van der Waals surface area contributed by atoms with Crippen molar-refractivity contribution in [1.82, 2.24) is 5.32 Å². The third kappa shape index (κ3) is 3.13. The van der Waals surface area contributed by atoms with Crippen molar-refractivity contribution in [2.24, 2.45) is 5.41 Å². The minimum Gasteiger partial charge on any atom is -0.373 e. The molecule has 2 aliphatic rings. The summed E-state index contributed by atoms with van der Waals surface area (Å²) < 4.78 is 6.30. The number of halogens is 1. The highest BCUT2D eigenvalue weighted by Gasteiger charge is 2.54. The second-order valence-corrected chi connectivity index (χ2v) is 7.09. The highest BCUT2D eigenvalue weighted by Crippen LogP contribution is 2.52. The van der Waals surface area contributed by atoms with Gasteiger partial charge in [-0.25, -0.2) is 0 Å². The van der Waals surface area contributed by atoms with Gasteiger partial charge in [0.1, 0.15) is 0 Å². The summed E-state index contributed by atoms with van der Waals surface area (Å²) in [4.78, 5) is 0. The molecule has 2 nitrogen and oxygen atoms in total. The molecule has 0 heterocycles. The lowest BCUT2D eigenvalue weighted by molar-refractivity contribution is -0.148. The van der Waals surface area contributed by atoms with Crippen LogP contribution >= 0.6 is 11.6 Å². The maximum absolute atomic E-state index is 6.30. The topological polar surface area (TPSA) is 21.3 Å². The van der Waals surface area contributed by atoms with Crippen LogP contribution in [0.4, 0.5) is 0 Å². The number of benzene rings is 1. The van der Waals surface area contributed by atoms with E-state index in [1.54, 1.807) is 0 Å². The number of nitrogens with one attached hydrogen (secondary N) is 1. The normalized spacial score (nSPS) is 28.1. The van der Waals surface area contributed by atoms with Crippen molar-refractivity contribution in [3.05, 3.63) is 34.9 Å². The molecule has 3 rings (SSSR count). The molecule has 0 aliphatic heterocycles. The molecule has 0 bridgehead atoms. The van der Waals surface area contributed by atoms with E-state index in [0.29, 0.717) is 24.2 Å². The summed E-state index contributed by atoms with van der Waals surface area (Å²) in [7, 11) is 2.10. The Morgan fingerprint density at radius 3 is 2.67 bits per heavy atom. The van der Waals surface area contributed by atoms with Crippen molar-refractivity contribution in [3.8, 4) is 0 Å². The summed E-state index contributed by atoms with van der Waals surface area (Å²) in [5.41, 5.74) is 1.56. The zero-order valence-electron chi connectivity index (χ0n) is 12.9. The van der Waals surface area contributed by atoms with Crippen molar-refractivity contribution in [3.63, 3.8) is 0 Å². The molecule has 116 valence electrons. The molecule has 2 saturated carbocycles. The first-order chi connectivity index (χ1) is 10.2. The molecule has 3 heteroatoms. The van der Waals surface area contributed by atoms with Gasteiger partial charge in [-0.15, -0.1) is 0 Å². The Bertz CT molecular complexity index is 468. The molecule has 1 spiro atoms. The maximum atomic E-state index is 6.30. The van der Waals surface area contributed by atoms with E-state index in [2.05, 4.69) is 18.4 Å². The molecule has 0 amide bonds. The molecule has 0 saturated heterocycles. The lowest BCUT2D eigenvalue weighted by Crippen LogP contribution is -2.62. The quantitative estimate of drug-likeness (QED) is 0.880. The summed E-state index contributed by atoms with van der Waals surface area (Å²) >= 11 is 6.05. The molecule has 2 atom stereocenters. The summed E-state index contributed by atoms with van der Waals surface area (Å²) in [5.74, 6) is 0. The summed E-state index contributed by atoms with van der Waals surface area (Å²) in [6.07, 6.45) is 9.68. The van der Waals surface area contributed by atoms with Gasteiger partial charge in [0.25, 0.3) is 0 Å². The van der Waals surface area contributed by atoms with E-state index in [-0.39, 0.29) is 0 Å². The highest BCUT2D eigenvalue weighted by molar-refractivity contribution is 6.30. The van der Waals surface area contributed by atoms with E-state index in [4.69, 9.17) is 16.3 Å². The second-order valence-electron chi connectivity index (χ2n) is 6.65. The Labute approximate surface area is 133 Å². The first kappa shape index (κ1) is 15.3. The van der Waals surface area contributed by atoms with Gasteiger partial charge in [-0.05, 0) is 44.0 Å². The fourth-order valence-electron chi connectivity index (χ4n) is 4.27. The average molecular weight is 308 g/mol. The molecule has 2 fully saturated rings. The van der Waals surface area contributed by atoms with Gasteiger partial charge >= 0.3 is 0 Å². The summed E-state index contributed by atoms with van der Waals surface area (Å²) in [5, 5.41) is 4.32. The van der Waals surface area contributed by atoms with Crippen LogP contribution < -0.4 is 5.32 Å². The Balaban J connectivity index is 1.64. The van der Waals surface area contributed by atoms with Crippen LogP contribution in [0.15, 0.2) is 24.3 Å². The Morgan fingerprint density at radius 1 is 1.24 bits per heavy atom. The largest absolute Gasteiger partial charge is 0.373 e. The molecule has 1 aromatic rings. The van der Waals surface area contributed by atoms with Gasteiger partial charge in [0.05, 0.1) is 12.7 Å². The number of hydrogen-bond donors (Lipinski definition) is 1. The van der Waals surface area contributed by atoms with Crippen LogP contribution in [-0.4, -0.2) is 19.2 Å². The SMILES string of the molecule is CNC1CC(OCc2cccc(Cl)c2)C12CCCCCC2. The van der Waals surface area contributed by atoms with Crippen molar-refractivity contribution in [1.29, 1.82) is 0 Å². The molecule has 2 unspecified atom stereocenters. The van der Waals surface area contributed by atoms with Crippen LogP contribution in [0.25, 0.3) is 0 Å². The lowest BCUT2D eigenvalue weighted by Gasteiger charge is -2.56. The zero-order chi connectivity index (χ0) is 14.7. The van der Waals surface area contributed by atoms with Gasteiger partial charge in [-0.1, -0.05) is 49.4 Å². The van der Waals surface area contributed by atoms with Crippen LogP contribution in [0, 0.1) is 5.41 Å². The first-order valence-electron chi connectivity index (χ1n) is 8.28. The molecule has 0 radical (unpaired) electrons. The molecule has 1 N–H and O–H groups in total. The molecule has 21 heavy (non-hydrogen) atoms. The van der Waals surface area contributed by atoms with Gasteiger partial charge in [-0.2, -0.15) is 0 Å². The van der Waals surface area contributed by atoms with E-state index in [9.17, 15) is 0 Å². The monoisotopic (exact) mass is 307 g/mol. The second kappa shape index (κ2) is 6.68. The smallest absolute Gasteiger partial charge is 0.0721 e. The molecule has 0 aromatic heterocycles. The van der Waals surface area contributed by atoms with Crippen molar-refractivity contribution < 1.29 is 4.74 Å². The van der Waals surface area contributed by atoms with Gasteiger partial charge in [-0.3, -0.25) is 0 Å². The van der Waals surface area contributed by atoms with E-state index in [1.807, 2.05) is 18.2 Å². The lowest BCUT2D eigenvalue weighted by atomic mass is 9.58. The van der Waals surface area contributed by atoms with Gasteiger partial charge in [0.15, 0.2) is 0 Å². The van der Waals surface area contributed by atoms with E-state index >= 15 is 0 Å². The van der Waals surface area contributed by atoms with Crippen molar-refractivity contribution in [2.75, 3.05) is 7.05 Å². The van der Waals surface area contributed by atoms with Gasteiger partial charge in [0.2, 0.25) is 0 Å². The Morgan fingerprint density at radius 2 is 2.00 bits per heavy atom. The van der Waals surface area contributed by atoms with E-state index in [0.717, 1.165) is 11.4 Å². The van der Waals surface area contributed by atoms with Gasteiger partial charge < -0.3 is 10.1 Å². The van der Waals surface area contributed by atoms with Crippen LogP contribution in [0.5, 0.6) is 0 Å². The number of rotatable bonds is 4. The maximum Gasteiger partial charge on any atom is 0.0721 e. The number of hydrogen-bond acceptors (Lipinski definition) is 2. The predicted octanol–water partition coefficient (Wildman–Crippen LogP) is 4.56. The molecule has 2 aliphatic carbocycles. The Kier molecular flexibility index (Phi) is 4.88. The zero-order valence-corrected chi connectivity index (χ0v) is 13.7. The third-order valence-electron chi connectivity index (χ3n) is 5.51. The average Bonchev–Trinajstić information content (AvgIpc) is 2.74. The predicted molar refractivity (Wildman–Crippen MR) is 87.6 cm³/mol. The molecular formula is C18H26ClNO. The van der Waals surface area contributed by atoms with Crippen LogP contribution in [0.1, 0.15) is 50.5 Å². The minimum absolute atomic E-state index is 0.379. The van der Waals surface area contributed by atoms with Crippen LogP contribution in [-0.2, 0) is 11.3 Å². The third-order valence-corrected chi connectivity index (χ3v) is 5.74. The minimum atomic E-state index is 0.379. The highest BCUT2D eigenvalue weighted by atomic mass is 35.5. The van der Waals surface area contributed by atoms with Crippen LogP contribution in [0.2, 0.25) is 5.02 Å². The Hall–Kier alpha value is -0.570. The van der Waals surface area contributed by atoms with E-state index in [1.165, 1.54) is 44.1 Å². The van der Waals surface area contributed by atoms with Crippen molar-refractivity contribution >= 4 is 11.6 Å². The number of ether oxygens (including phenoxy) is 1. The fourth-order valence-corrected chi connectivity index (χ4v) is 4.48. The van der Waals surface area contributed by atoms with Crippen molar-refractivity contribution in [2.45, 2.75) is 63.7 Å².